The first kappa shape index (κ1) is 23.3. The Hall–Kier alpha value is -3.82. The molecule has 0 saturated carbocycles. The topological polar surface area (TPSA) is 109 Å². The minimum atomic E-state index is -0.682. The van der Waals surface area contributed by atoms with Crippen LogP contribution in [0.2, 0.25) is 5.02 Å². The van der Waals surface area contributed by atoms with Gasteiger partial charge in [0.25, 0.3) is 11.8 Å². The Kier molecular flexibility index (Phi) is 7.15. The van der Waals surface area contributed by atoms with Crippen LogP contribution in [0.1, 0.15) is 21.5 Å². The predicted molar refractivity (Wildman–Crippen MR) is 131 cm³/mol. The zero-order chi connectivity index (χ0) is 24.1. The van der Waals surface area contributed by atoms with Gasteiger partial charge >= 0.3 is 0 Å². The smallest absolute Gasteiger partial charge is 0.287 e. The molecule has 3 N–H and O–H groups in total. The molecule has 1 aliphatic heterocycles. The molecule has 34 heavy (non-hydrogen) atoms. The van der Waals surface area contributed by atoms with Crippen LogP contribution in [-0.2, 0) is 4.79 Å². The fourth-order valence-corrected chi connectivity index (χ4v) is 3.85. The SMILES string of the molecule is O=C(N/N=C/c1cc(Br)cc(Cl)c1O)/C(=C\c1ccc2c(c1)OCO2)NC(=O)c1ccccc1. The Bertz CT molecular complexity index is 1310. The van der Waals surface area contributed by atoms with Gasteiger partial charge in [-0.2, -0.15) is 5.10 Å². The number of benzene rings is 3. The van der Waals surface area contributed by atoms with Crippen molar-refractivity contribution in [2.24, 2.45) is 5.10 Å². The van der Waals surface area contributed by atoms with Crippen molar-refractivity contribution in [3.8, 4) is 17.2 Å². The van der Waals surface area contributed by atoms with Gasteiger partial charge in [0.05, 0.1) is 11.2 Å². The monoisotopic (exact) mass is 541 g/mol. The first-order chi connectivity index (χ1) is 16.4. The van der Waals surface area contributed by atoms with Crippen LogP contribution in [0.5, 0.6) is 17.2 Å². The van der Waals surface area contributed by atoms with E-state index >= 15 is 0 Å². The van der Waals surface area contributed by atoms with Crippen molar-refractivity contribution in [3.63, 3.8) is 0 Å². The van der Waals surface area contributed by atoms with E-state index in [0.717, 1.165) is 0 Å². The first-order valence-corrected chi connectivity index (χ1v) is 11.1. The highest BCUT2D eigenvalue weighted by Crippen LogP contribution is 2.33. The number of fused-ring (bicyclic) bond motifs is 1. The molecule has 0 fully saturated rings. The van der Waals surface area contributed by atoms with Gasteiger partial charge in [0.1, 0.15) is 11.4 Å². The summed E-state index contributed by atoms with van der Waals surface area (Å²) >= 11 is 9.23. The van der Waals surface area contributed by atoms with Gasteiger partial charge in [-0.3, -0.25) is 9.59 Å². The number of phenolic OH excluding ortho intramolecular Hbond substituents is 1. The number of aromatic hydroxyl groups is 1. The maximum Gasteiger partial charge on any atom is 0.287 e. The lowest BCUT2D eigenvalue weighted by molar-refractivity contribution is -0.117. The molecule has 0 atom stereocenters. The van der Waals surface area contributed by atoms with Crippen LogP contribution >= 0.6 is 27.5 Å². The summed E-state index contributed by atoms with van der Waals surface area (Å²) in [6.07, 6.45) is 2.72. The summed E-state index contributed by atoms with van der Waals surface area (Å²) in [5, 5.41) is 16.7. The van der Waals surface area contributed by atoms with E-state index in [1.54, 1.807) is 54.6 Å². The Balaban J connectivity index is 1.58. The summed E-state index contributed by atoms with van der Waals surface area (Å²) < 4.78 is 11.3. The van der Waals surface area contributed by atoms with Crippen molar-refractivity contribution in [2.45, 2.75) is 0 Å². The first-order valence-electron chi connectivity index (χ1n) is 9.90. The molecule has 0 aliphatic carbocycles. The number of rotatable bonds is 6. The van der Waals surface area contributed by atoms with Crippen LogP contribution < -0.4 is 20.2 Å². The van der Waals surface area contributed by atoms with Crippen LogP contribution in [0.4, 0.5) is 0 Å². The van der Waals surface area contributed by atoms with E-state index in [9.17, 15) is 14.7 Å². The van der Waals surface area contributed by atoms with Crippen LogP contribution in [-0.4, -0.2) is 29.9 Å². The summed E-state index contributed by atoms with van der Waals surface area (Å²) in [7, 11) is 0. The average molecular weight is 543 g/mol. The van der Waals surface area contributed by atoms with Crippen molar-refractivity contribution >= 4 is 51.6 Å². The maximum absolute atomic E-state index is 12.9. The number of nitrogens with one attached hydrogen (secondary N) is 2. The second-order valence-corrected chi connectivity index (χ2v) is 8.34. The Morgan fingerprint density at radius 1 is 1.06 bits per heavy atom. The average Bonchev–Trinajstić information content (AvgIpc) is 3.30. The van der Waals surface area contributed by atoms with Gasteiger partial charge in [-0.15, -0.1) is 0 Å². The third kappa shape index (κ3) is 5.56. The molecular weight excluding hydrogens is 526 g/mol. The number of hydrogen-bond donors (Lipinski definition) is 3. The molecular formula is C24H17BrClN3O5. The van der Waals surface area contributed by atoms with Gasteiger partial charge < -0.3 is 19.9 Å². The molecule has 0 radical (unpaired) electrons. The lowest BCUT2D eigenvalue weighted by Crippen LogP contribution is -2.32. The lowest BCUT2D eigenvalue weighted by atomic mass is 10.1. The Morgan fingerprint density at radius 3 is 2.62 bits per heavy atom. The summed E-state index contributed by atoms with van der Waals surface area (Å²) in [4.78, 5) is 25.6. The molecule has 0 bridgehead atoms. The van der Waals surface area contributed by atoms with E-state index in [0.29, 0.717) is 27.1 Å². The van der Waals surface area contributed by atoms with Gasteiger partial charge in [0.2, 0.25) is 6.79 Å². The van der Waals surface area contributed by atoms with Crippen molar-refractivity contribution in [1.29, 1.82) is 0 Å². The molecule has 8 nitrogen and oxygen atoms in total. The van der Waals surface area contributed by atoms with Gasteiger partial charge in [0, 0.05) is 15.6 Å². The molecule has 0 spiro atoms. The van der Waals surface area contributed by atoms with Gasteiger partial charge in [0.15, 0.2) is 11.5 Å². The molecule has 1 heterocycles. The highest BCUT2D eigenvalue weighted by molar-refractivity contribution is 9.10. The Labute approximate surface area is 208 Å². The minimum absolute atomic E-state index is 0.0543. The number of hydrogen-bond acceptors (Lipinski definition) is 6. The second kappa shape index (κ2) is 10.4. The number of carbonyl (C=O) groups is 2. The fourth-order valence-electron chi connectivity index (χ4n) is 3.02. The molecule has 1 aliphatic rings. The van der Waals surface area contributed by atoms with Gasteiger partial charge in [-0.1, -0.05) is 51.8 Å². The number of carbonyl (C=O) groups excluding carboxylic acids is 2. The molecule has 0 saturated heterocycles. The van der Waals surface area contributed by atoms with E-state index in [1.807, 2.05) is 0 Å². The molecule has 10 heteroatoms. The second-order valence-electron chi connectivity index (χ2n) is 7.02. The Morgan fingerprint density at radius 2 is 1.82 bits per heavy atom. The van der Waals surface area contributed by atoms with Crippen molar-refractivity contribution in [2.75, 3.05) is 6.79 Å². The van der Waals surface area contributed by atoms with Crippen molar-refractivity contribution in [1.82, 2.24) is 10.7 Å². The highest BCUT2D eigenvalue weighted by atomic mass is 79.9. The maximum atomic E-state index is 12.9. The van der Waals surface area contributed by atoms with E-state index in [4.69, 9.17) is 21.1 Å². The van der Waals surface area contributed by atoms with Crippen molar-refractivity contribution in [3.05, 3.63) is 92.5 Å². The van der Waals surface area contributed by atoms with Gasteiger partial charge in [-0.05, 0) is 48.0 Å². The molecule has 172 valence electrons. The number of amides is 2. The number of ether oxygens (including phenoxy) is 2. The summed E-state index contributed by atoms with van der Waals surface area (Å²) in [6, 6.07) is 16.7. The number of halogens is 2. The van der Waals surface area contributed by atoms with Gasteiger partial charge in [-0.25, -0.2) is 5.43 Å². The van der Waals surface area contributed by atoms with E-state index in [2.05, 4.69) is 31.8 Å². The number of nitrogens with zero attached hydrogens (tertiary/aromatic N) is 1. The van der Waals surface area contributed by atoms with Crippen LogP contribution in [0.15, 0.2) is 75.9 Å². The summed E-state index contributed by atoms with van der Waals surface area (Å²) in [5.74, 6) is -0.213. The quantitative estimate of drug-likeness (QED) is 0.242. The summed E-state index contributed by atoms with van der Waals surface area (Å²) in [5.41, 5.74) is 3.56. The predicted octanol–water partition coefficient (Wildman–Crippen LogP) is 4.46. The molecule has 4 rings (SSSR count). The molecule has 2 amide bonds. The molecule has 0 aromatic heterocycles. The van der Waals surface area contributed by atoms with Crippen LogP contribution in [0.25, 0.3) is 6.08 Å². The van der Waals surface area contributed by atoms with E-state index in [-0.39, 0.29) is 28.8 Å². The van der Waals surface area contributed by atoms with E-state index in [1.165, 1.54) is 18.4 Å². The zero-order valence-electron chi connectivity index (χ0n) is 17.4. The minimum Gasteiger partial charge on any atom is -0.506 e. The molecule has 3 aromatic rings. The van der Waals surface area contributed by atoms with Crippen LogP contribution in [0.3, 0.4) is 0 Å². The number of phenols is 1. The normalized spacial score (nSPS) is 12.6. The third-order valence-electron chi connectivity index (χ3n) is 4.66. The van der Waals surface area contributed by atoms with Crippen LogP contribution in [0, 0.1) is 0 Å². The molecule has 3 aromatic carbocycles. The summed E-state index contributed by atoms with van der Waals surface area (Å²) in [6.45, 7) is 0.113. The lowest BCUT2D eigenvalue weighted by Gasteiger charge is -2.09. The molecule has 0 unspecified atom stereocenters. The zero-order valence-corrected chi connectivity index (χ0v) is 19.8. The fraction of sp³-hybridized carbons (Fsp3) is 0.0417. The third-order valence-corrected chi connectivity index (χ3v) is 5.41. The number of hydrazone groups is 1. The highest BCUT2D eigenvalue weighted by Gasteiger charge is 2.17. The van der Waals surface area contributed by atoms with E-state index < -0.39 is 11.8 Å². The largest absolute Gasteiger partial charge is 0.506 e. The standard InChI is InChI=1S/C24H17BrClN3O5/c25-17-10-16(22(30)18(26)11-17)12-27-29-24(32)19(28-23(31)15-4-2-1-3-5-15)8-14-6-7-20-21(9-14)34-13-33-20/h1-12,30H,13H2,(H,28,31)(H,29,32)/b19-8+,27-12+. The van der Waals surface area contributed by atoms with Crippen molar-refractivity contribution < 1.29 is 24.2 Å².